The Hall–Kier alpha value is -2.34. The molecule has 1 N–H and O–H groups in total. The van der Waals surface area contributed by atoms with E-state index in [9.17, 15) is 13.2 Å². The minimum atomic E-state index is -3.70. The van der Waals surface area contributed by atoms with Crippen LogP contribution in [-0.2, 0) is 28.3 Å². The van der Waals surface area contributed by atoms with Crippen LogP contribution in [0.4, 0.5) is 0 Å². The van der Waals surface area contributed by atoms with Crippen LogP contribution in [0, 0.1) is 0 Å². The highest BCUT2D eigenvalue weighted by Crippen LogP contribution is 2.47. The van der Waals surface area contributed by atoms with Crippen molar-refractivity contribution in [1.82, 2.24) is 4.72 Å². The van der Waals surface area contributed by atoms with Crippen LogP contribution in [0.3, 0.4) is 0 Å². The quantitative estimate of drug-likeness (QED) is 0.830. The predicted octanol–water partition coefficient (Wildman–Crippen LogP) is 2.98. The third-order valence-electron chi connectivity index (χ3n) is 5.51. The first-order valence-corrected chi connectivity index (χ1v) is 10.9. The van der Waals surface area contributed by atoms with E-state index in [2.05, 4.69) is 11.6 Å². The van der Waals surface area contributed by atoms with Crippen molar-refractivity contribution in [1.29, 1.82) is 0 Å². The zero-order valence-corrected chi connectivity index (χ0v) is 16.1. The Kier molecular flexibility index (Phi) is 4.46. The average molecular weight is 385 g/mol. The molecule has 1 saturated carbocycles. The lowest BCUT2D eigenvalue weighted by molar-refractivity contribution is 0.0981. The summed E-state index contributed by atoms with van der Waals surface area (Å²) in [6.45, 7) is 2.86. The zero-order valence-electron chi connectivity index (χ0n) is 15.3. The molecular formula is C21H23NO4S. The van der Waals surface area contributed by atoms with Gasteiger partial charge in [-0.15, -0.1) is 0 Å². The van der Waals surface area contributed by atoms with Gasteiger partial charge in [0.1, 0.15) is 5.75 Å². The van der Waals surface area contributed by atoms with Crippen LogP contribution in [0.2, 0.25) is 0 Å². The van der Waals surface area contributed by atoms with Crippen molar-refractivity contribution in [2.75, 3.05) is 12.4 Å². The molecule has 0 saturated heterocycles. The van der Waals surface area contributed by atoms with Crippen molar-refractivity contribution in [3.05, 3.63) is 64.7 Å². The van der Waals surface area contributed by atoms with Gasteiger partial charge in [-0.2, -0.15) is 0 Å². The van der Waals surface area contributed by atoms with Crippen molar-refractivity contribution in [2.24, 2.45) is 0 Å². The molecule has 2 aliphatic rings. The van der Waals surface area contributed by atoms with Gasteiger partial charge in [0.25, 0.3) is 5.91 Å². The van der Waals surface area contributed by atoms with E-state index < -0.39 is 15.9 Å². The average Bonchev–Trinajstić information content (AvgIpc) is 3.23. The fourth-order valence-electron chi connectivity index (χ4n) is 3.40. The fourth-order valence-corrected chi connectivity index (χ4v) is 4.41. The molecule has 4 rings (SSSR count). The molecule has 2 aromatic rings. The van der Waals surface area contributed by atoms with Crippen LogP contribution < -0.4 is 9.46 Å². The van der Waals surface area contributed by atoms with E-state index >= 15 is 0 Å². The number of benzene rings is 2. The number of carbonyl (C=O) groups is 1. The SMILES string of the molecule is CC1(c2ccc(C(=O)NS(=O)(=O)CCc3ccc4c(c3)CCO4)cc2)CC1. The summed E-state index contributed by atoms with van der Waals surface area (Å²) in [5.74, 6) is 0.164. The first-order chi connectivity index (χ1) is 12.8. The molecule has 1 heterocycles. The predicted molar refractivity (Wildman–Crippen MR) is 104 cm³/mol. The van der Waals surface area contributed by atoms with E-state index in [1.54, 1.807) is 12.1 Å². The number of hydrogen-bond donors (Lipinski definition) is 1. The topological polar surface area (TPSA) is 72.5 Å². The van der Waals surface area contributed by atoms with Gasteiger partial charge in [-0.3, -0.25) is 4.79 Å². The van der Waals surface area contributed by atoms with Gasteiger partial charge in [-0.1, -0.05) is 31.2 Å². The molecule has 0 bridgehead atoms. The number of sulfonamides is 1. The van der Waals surface area contributed by atoms with Crippen molar-refractivity contribution < 1.29 is 17.9 Å². The summed E-state index contributed by atoms with van der Waals surface area (Å²) < 4.78 is 32.2. The van der Waals surface area contributed by atoms with E-state index in [0.717, 1.165) is 36.1 Å². The molecule has 0 atom stereocenters. The monoisotopic (exact) mass is 385 g/mol. The second-order valence-corrected chi connectivity index (χ2v) is 9.52. The number of carbonyl (C=O) groups excluding carboxylic acids is 1. The lowest BCUT2D eigenvalue weighted by Crippen LogP contribution is -2.33. The van der Waals surface area contributed by atoms with E-state index in [-0.39, 0.29) is 11.2 Å². The van der Waals surface area contributed by atoms with Crippen molar-refractivity contribution >= 4 is 15.9 Å². The molecule has 2 aromatic carbocycles. The van der Waals surface area contributed by atoms with Gasteiger partial charge < -0.3 is 4.74 Å². The minimum Gasteiger partial charge on any atom is -0.493 e. The number of rotatable bonds is 6. The van der Waals surface area contributed by atoms with Crippen LogP contribution in [-0.4, -0.2) is 26.7 Å². The van der Waals surface area contributed by atoms with Crippen LogP contribution in [0.1, 0.15) is 46.8 Å². The fraction of sp³-hybridized carbons (Fsp3) is 0.381. The summed E-state index contributed by atoms with van der Waals surface area (Å²) in [5, 5.41) is 0. The van der Waals surface area contributed by atoms with Crippen molar-refractivity contribution in [2.45, 2.75) is 38.0 Å². The molecule has 27 heavy (non-hydrogen) atoms. The highest BCUT2D eigenvalue weighted by molar-refractivity contribution is 7.90. The largest absolute Gasteiger partial charge is 0.493 e. The lowest BCUT2D eigenvalue weighted by Gasteiger charge is -2.10. The highest BCUT2D eigenvalue weighted by atomic mass is 32.2. The number of amides is 1. The van der Waals surface area contributed by atoms with Crippen LogP contribution in [0.5, 0.6) is 5.75 Å². The smallest absolute Gasteiger partial charge is 0.264 e. The van der Waals surface area contributed by atoms with Crippen LogP contribution in [0.25, 0.3) is 0 Å². The van der Waals surface area contributed by atoms with Gasteiger partial charge in [-0.05, 0) is 59.6 Å². The number of fused-ring (bicyclic) bond motifs is 1. The first kappa shape index (κ1) is 18.0. The molecule has 142 valence electrons. The molecule has 1 aliphatic heterocycles. The number of nitrogens with one attached hydrogen (secondary N) is 1. The first-order valence-electron chi connectivity index (χ1n) is 9.25. The zero-order chi connectivity index (χ0) is 19.1. The molecule has 1 amide bonds. The Morgan fingerprint density at radius 2 is 1.89 bits per heavy atom. The van der Waals surface area contributed by atoms with Gasteiger partial charge in [-0.25, -0.2) is 13.1 Å². The third-order valence-corrected chi connectivity index (χ3v) is 6.74. The second kappa shape index (κ2) is 6.68. The molecule has 0 unspecified atom stereocenters. The molecule has 5 nitrogen and oxygen atoms in total. The van der Waals surface area contributed by atoms with E-state index in [1.807, 2.05) is 30.3 Å². The highest BCUT2D eigenvalue weighted by Gasteiger charge is 2.38. The Bertz CT molecular complexity index is 976. The molecule has 0 radical (unpaired) electrons. The van der Waals surface area contributed by atoms with Crippen LogP contribution >= 0.6 is 0 Å². The normalized spacial score (nSPS) is 17.1. The Morgan fingerprint density at radius 1 is 1.15 bits per heavy atom. The minimum absolute atomic E-state index is 0.130. The summed E-state index contributed by atoms with van der Waals surface area (Å²) in [6.07, 6.45) is 3.51. The molecule has 0 spiro atoms. The molecule has 0 aromatic heterocycles. The van der Waals surface area contributed by atoms with Gasteiger partial charge in [0.15, 0.2) is 0 Å². The molecular weight excluding hydrogens is 362 g/mol. The lowest BCUT2D eigenvalue weighted by atomic mass is 9.97. The Balaban J connectivity index is 1.36. The number of aryl methyl sites for hydroxylation is 1. The van der Waals surface area contributed by atoms with Gasteiger partial charge in [0.2, 0.25) is 10.0 Å². The summed E-state index contributed by atoms with van der Waals surface area (Å²) in [5.41, 5.74) is 3.82. The summed E-state index contributed by atoms with van der Waals surface area (Å²) in [6, 6.07) is 13.0. The number of ether oxygens (including phenoxy) is 1. The van der Waals surface area contributed by atoms with Gasteiger partial charge >= 0.3 is 0 Å². The maximum Gasteiger partial charge on any atom is 0.264 e. The Morgan fingerprint density at radius 3 is 2.59 bits per heavy atom. The standard InChI is InChI=1S/C21H23NO4S/c1-21(10-11-21)18-5-3-16(4-6-18)20(23)22-27(24,25)13-9-15-2-7-19-17(14-15)8-12-26-19/h2-7,14H,8-13H2,1H3,(H,22,23). The molecule has 6 heteroatoms. The van der Waals surface area contributed by atoms with Gasteiger partial charge in [0, 0.05) is 12.0 Å². The maximum absolute atomic E-state index is 12.3. The summed E-state index contributed by atoms with van der Waals surface area (Å²) >= 11 is 0. The van der Waals surface area contributed by atoms with Crippen molar-refractivity contribution in [3.63, 3.8) is 0 Å². The van der Waals surface area contributed by atoms with E-state index in [1.165, 1.54) is 5.56 Å². The Labute approximate surface area is 159 Å². The maximum atomic E-state index is 12.3. The van der Waals surface area contributed by atoms with E-state index in [4.69, 9.17) is 4.74 Å². The third kappa shape index (κ3) is 4.00. The number of hydrogen-bond acceptors (Lipinski definition) is 4. The van der Waals surface area contributed by atoms with Crippen molar-refractivity contribution in [3.8, 4) is 5.75 Å². The van der Waals surface area contributed by atoms with Crippen LogP contribution in [0.15, 0.2) is 42.5 Å². The second-order valence-electron chi connectivity index (χ2n) is 7.68. The summed E-state index contributed by atoms with van der Waals surface area (Å²) in [7, 11) is -3.70. The molecule has 1 aliphatic carbocycles. The molecule has 1 fully saturated rings. The summed E-state index contributed by atoms with van der Waals surface area (Å²) in [4.78, 5) is 12.3. The van der Waals surface area contributed by atoms with Gasteiger partial charge in [0.05, 0.1) is 12.4 Å². The van der Waals surface area contributed by atoms with E-state index in [0.29, 0.717) is 18.6 Å².